The Kier molecular flexibility index (Phi) is 7.79. The van der Waals surface area contributed by atoms with Gasteiger partial charge in [0.2, 0.25) is 5.89 Å². The number of rotatable bonds is 8. The molecule has 174 valence electrons. The van der Waals surface area contributed by atoms with Crippen LogP contribution >= 0.6 is 0 Å². The lowest BCUT2D eigenvalue weighted by molar-refractivity contribution is 0.0948. The summed E-state index contributed by atoms with van der Waals surface area (Å²) in [5, 5.41) is 3.04. The lowest BCUT2D eigenvalue weighted by Crippen LogP contribution is -2.35. The first kappa shape index (κ1) is 23.1. The normalized spacial score (nSPS) is 14.6. The minimum Gasteiger partial charge on any atom is -0.487 e. The Hall–Kier alpha value is -3.12. The number of ether oxygens (including phenoxy) is 1. The summed E-state index contributed by atoms with van der Waals surface area (Å²) in [4.78, 5) is 19.6. The monoisotopic (exact) mass is 447 g/mol. The molecule has 2 aromatic carbocycles. The number of likely N-dealkylation sites (tertiary alicyclic amines) is 1. The molecule has 0 aliphatic carbocycles. The van der Waals surface area contributed by atoms with Crippen LogP contribution in [0.1, 0.15) is 53.1 Å². The molecule has 1 aliphatic heterocycles. The summed E-state index contributed by atoms with van der Waals surface area (Å²) in [6.45, 7) is 8.13. The van der Waals surface area contributed by atoms with Crippen LogP contribution in [-0.4, -0.2) is 42.0 Å². The Morgan fingerprint density at radius 2 is 1.70 bits per heavy atom. The lowest BCUT2D eigenvalue weighted by atomic mass is 10.1. The summed E-state index contributed by atoms with van der Waals surface area (Å²) in [7, 11) is 0. The number of nitrogens with one attached hydrogen (secondary N) is 1. The van der Waals surface area contributed by atoms with Gasteiger partial charge in [0.15, 0.2) is 0 Å². The minimum absolute atomic E-state index is 0.0489. The summed E-state index contributed by atoms with van der Waals surface area (Å²) < 4.78 is 11.7. The molecule has 0 saturated carbocycles. The number of aryl methyl sites for hydroxylation is 2. The molecule has 1 saturated heterocycles. The Bertz CT molecular complexity index is 1030. The molecule has 2 heterocycles. The fourth-order valence-corrected chi connectivity index (χ4v) is 4.03. The number of aromatic nitrogens is 1. The number of oxazole rings is 1. The highest BCUT2D eigenvalue weighted by molar-refractivity contribution is 5.94. The molecule has 1 N–H and O–H groups in total. The van der Waals surface area contributed by atoms with Crippen LogP contribution in [0.4, 0.5) is 0 Å². The van der Waals surface area contributed by atoms with Gasteiger partial charge >= 0.3 is 0 Å². The van der Waals surface area contributed by atoms with Crippen molar-refractivity contribution in [2.75, 3.05) is 26.2 Å². The van der Waals surface area contributed by atoms with E-state index in [9.17, 15) is 4.79 Å². The fourth-order valence-electron chi connectivity index (χ4n) is 4.03. The molecular weight excluding hydrogens is 414 g/mol. The van der Waals surface area contributed by atoms with Crippen molar-refractivity contribution in [2.45, 2.75) is 46.1 Å². The zero-order valence-corrected chi connectivity index (χ0v) is 19.6. The van der Waals surface area contributed by atoms with Gasteiger partial charge in [-0.05, 0) is 76.2 Å². The summed E-state index contributed by atoms with van der Waals surface area (Å²) in [5.41, 5.74) is 3.43. The highest BCUT2D eigenvalue weighted by Gasteiger charge is 2.14. The van der Waals surface area contributed by atoms with Gasteiger partial charge < -0.3 is 19.4 Å². The van der Waals surface area contributed by atoms with Gasteiger partial charge in [-0.25, -0.2) is 4.98 Å². The van der Waals surface area contributed by atoms with Gasteiger partial charge in [-0.15, -0.1) is 0 Å². The van der Waals surface area contributed by atoms with Crippen LogP contribution in [0.15, 0.2) is 52.9 Å². The molecule has 3 aromatic rings. The first-order valence-corrected chi connectivity index (χ1v) is 11.9. The van der Waals surface area contributed by atoms with E-state index in [2.05, 4.69) is 15.2 Å². The minimum atomic E-state index is -0.0489. The molecule has 0 bridgehead atoms. The second-order valence-corrected chi connectivity index (χ2v) is 8.71. The number of carbonyl (C=O) groups excluding carboxylic acids is 1. The number of benzene rings is 2. The van der Waals surface area contributed by atoms with Crippen molar-refractivity contribution in [1.29, 1.82) is 0 Å². The molecule has 4 rings (SSSR count). The molecule has 0 unspecified atom stereocenters. The summed E-state index contributed by atoms with van der Waals surface area (Å²) in [6, 6.07) is 15.3. The van der Waals surface area contributed by atoms with Gasteiger partial charge in [0.1, 0.15) is 23.8 Å². The number of hydrogen-bond donors (Lipinski definition) is 1. The first-order valence-electron chi connectivity index (χ1n) is 11.9. The number of nitrogens with zero attached hydrogens (tertiary/aromatic N) is 2. The van der Waals surface area contributed by atoms with Gasteiger partial charge in [0, 0.05) is 24.2 Å². The fraction of sp³-hybridized carbons (Fsp3) is 0.407. The van der Waals surface area contributed by atoms with E-state index in [1.165, 1.54) is 31.2 Å². The van der Waals surface area contributed by atoms with E-state index in [1.54, 1.807) is 0 Å². The first-order chi connectivity index (χ1) is 16.1. The Morgan fingerprint density at radius 1 is 1.00 bits per heavy atom. The Labute approximate surface area is 196 Å². The van der Waals surface area contributed by atoms with E-state index in [0.29, 0.717) is 24.6 Å². The summed E-state index contributed by atoms with van der Waals surface area (Å²) in [5.74, 6) is 2.01. The smallest absolute Gasteiger partial charge is 0.251 e. The zero-order valence-electron chi connectivity index (χ0n) is 19.6. The lowest BCUT2D eigenvalue weighted by Gasteiger charge is -2.19. The molecule has 1 fully saturated rings. The van der Waals surface area contributed by atoms with E-state index >= 15 is 0 Å². The van der Waals surface area contributed by atoms with Crippen LogP contribution in [0.3, 0.4) is 0 Å². The second-order valence-electron chi connectivity index (χ2n) is 8.71. The SMILES string of the molecule is Cc1ccc(OCc2nc(-c3ccc(C(=O)NCCN4CCCCCC4)cc3)oc2C)cc1. The van der Waals surface area contributed by atoms with Crippen LogP contribution < -0.4 is 10.1 Å². The van der Waals surface area contributed by atoms with Crippen LogP contribution in [0.2, 0.25) is 0 Å². The van der Waals surface area contributed by atoms with Crippen molar-refractivity contribution in [1.82, 2.24) is 15.2 Å². The van der Waals surface area contributed by atoms with Crippen molar-refractivity contribution in [3.8, 4) is 17.2 Å². The molecule has 0 atom stereocenters. The predicted molar refractivity (Wildman–Crippen MR) is 129 cm³/mol. The Morgan fingerprint density at radius 3 is 2.39 bits per heavy atom. The van der Waals surface area contributed by atoms with Crippen molar-refractivity contribution in [3.05, 3.63) is 71.1 Å². The van der Waals surface area contributed by atoms with E-state index in [0.717, 1.165) is 42.4 Å². The molecule has 0 radical (unpaired) electrons. The third kappa shape index (κ3) is 6.45. The zero-order chi connectivity index (χ0) is 23.0. The standard InChI is InChI=1S/C27H33N3O3/c1-20-7-13-24(14-8-20)32-19-25-21(2)33-27(29-25)23-11-9-22(10-12-23)26(31)28-15-18-30-16-5-3-4-6-17-30/h7-14H,3-6,15-19H2,1-2H3,(H,28,31). The molecule has 6 nitrogen and oxygen atoms in total. The molecule has 1 amide bonds. The summed E-state index contributed by atoms with van der Waals surface area (Å²) in [6.07, 6.45) is 5.16. The average Bonchev–Trinajstić information content (AvgIpc) is 3.02. The van der Waals surface area contributed by atoms with Crippen LogP contribution in [0.5, 0.6) is 5.75 Å². The largest absolute Gasteiger partial charge is 0.487 e. The topological polar surface area (TPSA) is 67.6 Å². The highest BCUT2D eigenvalue weighted by atomic mass is 16.5. The van der Waals surface area contributed by atoms with Gasteiger partial charge in [-0.2, -0.15) is 0 Å². The van der Waals surface area contributed by atoms with Crippen LogP contribution in [0.25, 0.3) is 11.5 Å². The maximum Gasteiger partial charge on any atom is 0.251 e. The Balaban J connectivity index is 1.30. The van der Waals surface area contributed by atoms with Gasteiger partial charge in [0.05, 0.1) is 0 Å². The number of amides is 1. The van der Waals surface area contributed by atoms with Crippen molar-refractivity contribution >= 4 is 5.91 Å². The second kappa shape index (κ2) is 11.1. The van der Waals surface area contributed by atoms with E-state index in [1.807, 2.05) is 62.4 Å². The average molecular weight is 448 g/mol. The van der Waals surface area contributed by atoms with Crippen LogP contribution in [0, 0.1) is 13.8 Å². The molecular formula is C27H33N3O3. The van der Waals surface area contributed by atoms with Gasteiger partial charge in [-0.3, -0.25) is 4.79 Å². The van der Waals surface area contributed by atoms with Crippen LogP contribution in [-0.2, 0) is 6.61 Å². The molecule has 1 aromatic heterocycles. The molecule has 6 heteroatoms. The van der Waals surface area contributed by atoms with E-state index < -0.39 is 0 Å². The predicted octanol–water partition coefficient (Wildman–Crippen LogP) is 5.14. The third-order valence-corrected chi connectivity index (χ3v) is 6.10. The quantitative estimate of drug-likeness (QED) is 0.518. The maximum absolute atomic E-state index is 12.5. The van der Waals surface area contributed by atoms with Crippen molar-refractivity contribution in [2.24, 2.45) is 0 Å². The van der Waals surface area contributed by atoms with Crippen molar-refractivity contribution in [3.63, 3.8) is 0 Å². The van der Waals surface area contributed by atoms with E-state index in [-0.39, 0.29) is 5.91 Å². The highest BCUT2D eigenvalue weighted by Crippen LogP contribution is 2.23. The van der Waals surface area contributed by atoms with E-state index in [4.69, 9.17) is 9.15 Å². The van der Waals surface area contributed by atoms with Crippen molar-refractivity contribution < 1.29 is 13.9 Å². The molecule has 33 heavy (non-hydrogen) atoms. The molecule has 0 spiro atoms. The summed E-state index contributed by atoms with van der Waals surface area (Å²) >= 11 is 0. The molecule has 1 aliphatic rings. The number of hydrogen-bond acceptors (Lipinski definition) is 5. The van der Waals surface area contributed by atoms with Gasteiger partial charge in [-0.1, -0.05) is 30.5 Å². The van der Waals surface area contributed by atoms with Gasteiger partial charge in [0.25, 0.3) is 5.91 Å². The number of carbonyl (C=O) groups is 1. The maximum atomic E-state index is 12.5. The third-order valence-electron chi connectivity index (χ3n) is 6.10.